The minimum absolute atomic E-state index is 0.0564. The zero-order valence-electron chi connectivity index (χ0n) is 14.6. The summed E-state index contributed by atoms with van der Waals surface area (Å²) >= 11 is 0. The molecular weight excluding hydrogens is 326 g/mol. The number of rotatable bonds is 6. The molecule has 0 saturated heterocycles. The third-order valence-corrected chi connectivity index (χ3v) is 5.45. The van der Waals surface area contributed by atoms with Crippen molar-refractivity contribution in [2.24, 2.45) is 0 Å². The average molecular weight is 349 g/mol. The van der Waals surface area contributed by atoms with Crippen LogP contribution in [0.3, 0.4) is 0 Å². The van der Waals surface area contributed by atoms with Gasteiger partial charge in [-0.2, -0.15) is 0 Å². The predicted octanol–water partition coefficient (Wildman–Crippen LogP) is 3.36. The fourth-order valence-corrected chi connectivity index (χ4v) is 4.07. The summed E-state index contributed by atoms with van der Waals surface area (Å²) in [6, 6.07) is 10.3. The number of aryl methyl sites for hydroxylation is 2. The molecule has 24 heavy (non-hydrogen) atoms. The lowest BCUT2D eigenvalue weighted by molar-refractivity contribution is 0.391. The number of sulfonamides is 1. The summed E-state index contributed by atoms with van der Waals surface area (Å²) in [6.45, 7) is 5.80. The summed E-state index contributed by atoms with van der Waals surface area (Å²) in [4.78, 5) is 0.0564. The van der Waals surface area contributed by atoms with Crippen LogP contribution in [0.4, 0.5) is 0 Å². The van der Waals surface area contributed by atoms with Crippen LogP contribution in [0.1, 0.15) is 29.7 Å². The van der Waals surface area contributed by atoms with Crippen molar-refractivity contribution in [2.75, 3.05) is 14.2 Å². The average Bonchev–Trinajstić information content (AvgIpc) is 2.53. The molecule has 1 N–H and O–H groups in total. The molecule has 2 aromatic carbocycles. The Kier molecular flexibility index (Phi) is 5.51. The van der Waals surface area contributed by atoms with Crippen LogP contribution in [0.25, 0.3) is 0 Å². The molecular formula is C18H23NO4S. The quantitative estimate of drug-likeness (QED) is 0.868. The Morgan fingerprint density at radius 2 is 1.71 bits per heavy atom. The molecule has 0 heterocycles. The normalized spacial score (nSPS) is 12.7. The first kappa shape index (κ1) is 18.3. The highest BCUT2D eigenvalue weighted by Gasteiger charge is 2.23. The van der Waals surface area contributed by atoms with Crippen LogP contribution in [-0.2, 0) is 10.0 Å². The summed E-state index contributed by atoms with van der Waals surface area (Å²) in [7, 11) is -0.836. The van der Waals surface area contributed by atoms with Gasteiger partial charge in [-0.3, -0.25) is 0 Å². The van der Waals surface area contributed by atoms with Gasteiger partial charge in [0.2, 0.25) is 10.0 Å². The van der Waals surface area contributed by atoms with Gasteiger partial charge in [-0.05, 0) is 44.0 Å². The highest BCUT2D eigenvalue weighted by Crippen LogP contribution is 2.29. The number of methoxy groups -OCH3 is 2. The predicted molar refractivity (Wildman–Crippen MR) is 94.2 cm³/mol. The summed E-state index contributed by atoms with van der Waals surface area (Å²) < 4.78 is 38.6. The largest absolute Gasteiger partial charge is 0.497 e. The third kappa shape index (κ3) is 3.88. The summed E-state index contributed by atoms with van der Waals surface area (Å²) in [5, 5.41) is 0. The molecule has 0 saturated carbocycles. The lowest BCUT2D eigenvalue weighted by Gasteiger charge is -2.18. The second kappa shape index (κ2) is 7.23. The fourth-order valence-electron chi connectivity index (χ4n) is 2.67. The molecule has 1 atom stereocenters. The van der Waals surface area contributed by atoms with Gasteiger partial charge in [-0.1, -0.05) is 23.8 Å². The summed E-state index contributed by atoms with van der Waals surface area (Å²) in [5.74, 6) is 0.728. The molecule has 0 bridgehead atoms. The van der Waals surface area contributed by atoms with E-state index in [2.05, 4.69) is 4.72 Å². The van der Waals surface area contributed by atoms with Gasteiger partial charge in [-0.25, -0.2) is 13.1 Å². The highest BCUT2D eigenvalue weighted by molar-refractivity contribution is 7.89. The van der Waals surface area contributed by atoms with Crippen molar-refractivity contribution in [3.63, 3.8) is 0 Å². The molecule has 0 radical (unpaired) electrons. The summed E-state index contributed by atoms with van der Waals surface area (Å²) in [6.07, 6.45) is 0. The van der Waals surface area contributed by atoms with E-state index in [4.69, 9.17) is 9.47 Å². The summed E-state index contributed by atoms with van der Waals surface area (Å²) in [5.41, 5.74) is 3.12. The zero-order chi connectivity index (χ0) is 17.9. The van der Waals surface area contributed by atoms with Gasteiger partial charge in [0.05, 0.1) is 14.2 Å². The molecule has 0 aliphatic heterocycles. The number of hydrogen-bond donors (Lipinski definition) is 1. The molecule has 0 aliphatic rings. The minimum Gasteiger partial charge on any atom is -0.497 e. The Morgan fingerprint density at radius 3 is 2.29 bits per heavy atom. The SMILES string of the molecule is COc1ccc(OC)c(S(=O)(=O)NC(C)c2ccc(C)cc2C)c1. The van der Waals surface area contributed by atoms with Crippen molar-refractivity contribution in [3.8, 4) is 11.5 Å². The maximum absolute atomic E-state index is 12.8. The second-order valence-corrected chi connectivity index (χ2v) is 7.40. The van der Waals surface area contributed by atoms with Gasteiger partial charge in [0.15, 0.2) is 0 Å². The molecule has 1 unspecified atom stereocenters. The Hall–Kier alpha value is -2.05. The number of benzene rings is 2. The lowest BCUT2D eigenvalue weighted by Crippen LogP contribution is -2.27. The molecule has 0 spiro atoms. The van der Waals surface area contributed by atoms with Crippen molar-refractivity contribution < 1.29 is 17.9 Å². The highest BCUT2D eigenvalue weighted by atomic mass is 32.2. The van der Waals surface area contributed by atoms with Crippen LogP contribution in [0.2, 0.25) is 0 Å². The van der Waals surface area contributed by atoms with Gasteiger partial charge in [0.25, 0.3) is 0 Å². The standard InChI is InChI=1S/C18H23NO4S/c1-12-6-8-16(13(2)10-12)14(3)19-24(20,21)18-11-15(22-4)7-9-17(18)23-5/h6-11,14,19H,1-5H3. The minimum atomic E-state index is -3.76. The Balaban J connectivity index is 2.37. The van der Waals surface area contributed by atoms with Crippen LogP contribution in [0.5, 0.6) is 11.5 Å². The van der Waals surface area contributed by atoms with Crippen molar-refractivity contribution in [2.45, 2.75) is 31.7 Å². The zero-order valence-corrected chi connectivity index (χ0v) is 15.4. The third-order valence-electron chi connectivity index (χ3n) is 3.88. The van der Waals surface area contributed by atoms with E-state index in [9.17, 15) is 8.42 Å². The molecule has 2 aromatic rings. The molecule has 5 nitrogen and oxygen atoms in total. The molecule has 130 valence electrons. The lowest BCUT2D eigenvalue weighted by atomic mass is 10.0. The van der Waals surface area contributed by atoms with E-state index < -0.39 is 10.0 Å². The van der Waals surface area contributed by atoms with Gasteiger partial charge >= 0.3 is 0 Å². The van der Waals surface area contributed by atoms with Crippen molar-refractivity contribution >= 4 is 10.0 Å². The smallest absolute Gasteiger partial charge is 0.244 e. The van der Waals surface area contributed by atoms with E-state index in [1.165, 1.54) is 20.3 Å². The maximum atomic E-state index is 12.8. The van der Waals surface area contributed by atoms with Crippen LogP contribution in [-0.4, -0.2) is 22.6 Å². The number of ether oxygens (including phenoxy) is 2. The first-order valence-corrected chi connectivity index (χ1v) is 9.08. The van der Waals surface area contributed by atoms with Crippen LogP contribution in [0, 0.1) is 13.8 Å². The van der Waals surface area contributed by atoms with E-state index in [-0.39, 0.29) is 16.7 Å². The van der Waals surface area contributed by atoms with Crippen molar-refractivity contribution in [3.05, 3.63) is 53.1 Å². The van der Waals surface area contributed by atoms with Crippen LogP contribution < -0.4 is 14.2 Å². The van der Waals surface area contributed by atoms with E-state index in [1.54, 1.807) is 12.1 Å². The molecule has 0 aliphatic carbocycles. The second-order valence-electron chi connectivity index (χ2n) is 5.72. The molecule has 0 aromatic heterocycles. The van der Waals surface area contributed by atoms with Gasteiger partial charge in [0.1, 0.15) is 16.4 Å². The first-order valence-electron chi connectivity index (χ1n) is 7.60. The van der Waals surface area contributed by atoms with E-state index in [0.717, 1.165) is 16.7 Å². The maximum Gasteiger partial charge on any atom is 0.244 e. The molecule has 0 amide bonds. The Bertz CT molecular complexity index is 831. The molecule has 2 rings (SSSR count). The Labute approximate surface area is 143 Å². The van der Waals surface area contributed by atoms with Gasteiger partial charge < -0.3 is 9.47 Å². The Morgan fingerprint density at radius 1 is 1.00 bits per heavy atom. The topological polar surface area (TPSA) is 64.6 Å². The van der Waals surface area contributed by atoms with Crippen LogP contribution >= 0.6 is 0 Å². The van der Waals surface area contributed by atoms with E-state index in [1.807, 2.05) is 39.0 Å². The monoisotopic (exact) mass is 349 g/mol. The number of hydrogen-bond acceptors (Lipinski definition) is 4. The number of nitrogens with one attached hydrogen (secondary N) is 1. The molecule has 6 heteroatoms. The van der Waals surface area contributed by atoms with Gasteiger partial charge in [0, 0.05) is 12.1 Å². The van der Waals surface area contributed by atoms with Crippen molar-refractivity contribution in [1.82, 2.24) is 4.72 Å². The van der Waals surface area contributed by atoms with Crippen LogP contribution in [0.15, 0.2) is 41.3 Å². The first-order chi connectivity index (χ1) is 11.3. The van der Waals surface area contributed by atoms with Gasteiger partial charge in [-0.15, -0.1) is 0 Å². The fraction of sp³-hybridized carbons (Fsp3) is 0.333. The van der Waals surface area contributed by atoms with E-state index in [0.29, 0.717) is 5.75 Å². The van der Waals surface area contributed by atoms with Crippen molar-refractivity contribution in [1.29, 1.82) is 0 Å². The van der Waals surface area contributed by atoms with E-state index >= 15 is 0 Å². The molecule has 0 fully saturated rings.